The molecule has 0 saturated carbocycles. The van der Waals surface area contributed by atoms with Gasteiger partial charge in [-0.1, -0.05) is 59.4 Å². The number of rotatable bonds is 19. The first-order chi connectivity index (χ1) is 20.5. The summed E-state index contributed by atoms with van der Waals surface area (Å²) < 4.78 is 36.4. The van der Waals surface area contributed by atoms with E-state index in [2.05, 4.69) is 0 Å². The predicted molar refractivity (Wildman–Crippen MR) is 158 cm³/mol. The number of benzene rings is 1. The minimum absolute atomic E-state index is 0.00167. The molecule has 43 heavy (non-hydrogen) atoms. The molecule has 1 aromatic rings. The van der Waals surface area contributed by atoms with Gasteiger partial charge in [0.25, 0.3) is 0 Å². The largest absolute Gasteiger partial charge is 0.513 e. The van der Waals surface area contributed by atoms with Crippen LogP contribution in [-0.2, 0) is 34.9 Å². The van der Waals surface area contributed by atoms with Crippen molar-refractivity contribution in [1.29, 1.82) is 0 Å². The second kappa shape index (κ2) is 21.2. The maximum absolute atomic E-state index is 12.7. The number of ether oxygens (including phenoxy) is 7. The summed E-state index contributed by atoms with van der Waals surface area (Å²) in [5.74, 6) is -0.523. The summed E-state index contributed by atoms with van der Waals surface area (Å²) in [5, 5.41) is 0. The lowest BCUT2D eigenvalue weighted by Crippen LogP contribution is -2.39. The van der Waals surface area contributed by atoms with Crippen LogP contribution >= 0.6 is 0 Å². The molecule has 0 aliphatic rings. The van der Waals surface area contributed by atoms with Gasteiger partial charge in [-0.05, 0) is 63.1 Å². The summed E-state index contributed by atoms with van der Waals surface area (Å²) in [7, 11) is 0. The third kappa shape index (κ3) is 16.6. The average Bonchev–Trinajstić information content (AvgIpc) is 2.94. The monoisotopic (exact) mass is 611 g/mol. The Kier molecular flexibility index (Phi) is 18.5. The van der Waals surface area contributed by atoms with E-state index in [9.17, 15) is 19.2 Å². The van der Waals surface area contributed by atoms with Gasteiger partial charge in [0.15, 0.2) is 11.5 Å². The third-order valence-electron chi connectivity index (χ3n) is 6.25. The molecule has 0 bridgehead atoms. The molecule has 0 aromatic heterocycles. The number of esters is 1. The van der Waals surface area contributed by atoms with Crippen molar-refractivity contribution in [3.63, 3.8) is 0 Å². The van der Waals surface area contributed by atoms with Gasteiger partial charge in [0.1, 0.15) is 18.2 Å². The molecule has 0 aliphatic heterocycles. The molecule has 2 N–H and O–H groups in total. The third-order valence-corrected chi connectivity index (χ3v) is 6.25. The molecule has 1 rings (SSSR count). The van der Waals surface area contributed by atoms with Gasteiger partial charge in [0.2, 0.25) is 0 Å². The molecular formula is C31H49NO11. The van der Waals surface area contributed by atoms with E-state index in [1.165, 1.54) is 12.1 Å². The van der Waals surface area contributed by atoms with Gasteiger partial charge >= 0.3 is 24.4 Å². The highest BCUT2D eigenvalue weighted by Gasteiger charge is 2.25. The topological polar surface area (TPSA) is 159 Å². The highest BCUT2D eigenvalue weighted by Crippen LogP contribution is 2.30. The second-order valence-electron chi connectivity index (χ2n) is 10.7. The molecule has 0 fully saturated rings. The van der Waals surface area contributed by atoms with Gasteiger partial charge in [0, 0.05) is 0 Å². The fourth-order valence-corrected chi connectivity index (χ4v) is 3.46. The van der Waals surface area contributed by atoms with Crippen LogP contribution < -0.4 is 15.2 Å². The number of carbonyl (C=O) groups excluding carboxylic acids is 4. The van der Waals surface area contributed by atoms with Crippen molar-refractivity contribution < 1.29 is 52.3 Å². The van der Waals surface area contributed by atoms with Gasteiger partial charge in [-0.2, -0.15) is 0 Å². The van der Waals surface area contributed by atoms with Crippen molar-refractivity contribution in [3.8, 4) is 11.5 Å². The summed E-state index contributed by atoms with van der Waals surface area (Å²) in [6.45, 7) is 11.8. The van der Waals surface area contributed by atoms with Gasteiger partial charge in [-0.15, -0.1) is 0 Å². The molecular weight excluding hydrogens is 562 g/mol. The lowest BCUT2D eigenvalue weighted by molar-refractivity contribution is -0.155. The summed E-state index contributed by atoms with van der Waals surface area (Å²) >= 11 is 0. The van der Waals surface area contributed by atoms with E-state index < -0.39 is 42.7 Å². The Morgan fingerprint density at radius 1 is 0.698 bits per heavy atom. The van der Waals surface area contributed by atoms with E-state index in [0.717, 1.165) is 25.7 Å². The lowest BCUT2D eigenvalue weighted by atomic mass is 10.1. The molecule has 12 nitrogen and oxygen atoms in total. The minimum atomic E-state index is -1.10. The maximum Gasteiger partial charge on any atom is 0.513 e. The highest BCUT2D eigenvalue weighted by atomic mass is 16.7. The van der Waals surface area contributed by atoms with E-state index in [-0.39, 0.29) is 37.7 Å². The Morgan fingerprint density at radius 3 is 1.79 bits per heavy atom. The van der Waals surface area contributed by atoms with Crippen LogP contribution in [0, 0.1) is 5.92 Å². The number of carbonyl (C=O) groups is 4. The molecule has 0 heterocycles. The van der Waals surface area contributed by atoms with E-state index in [4.69, 9.17) is 38.9 Å². The van der Waals surface area contributed by atoms with Crippen LogP contribution in [0.1, 0.15) is 92.1 Å². The smallest absolute Gasteiger partial charge is 0.458 e. The van der Waals surface area contributed by atoms with Gasteiger partial charge in [0.05, 0.1) is 19.8 Å². The zero-order valence-corrected chi connectivity index (χ0v) is 26.4. The molecule has 0 aliphatic carbocycles. The summed E-state index contributed by atoms with van der Waals surface area (Å²) in [6, 6.07) is 3.29. The summed E-state index contributed by atoms with van der Waals surface area (Å²) in [6.07, 6.45) is 1.46. The molecule has 0 spiro atoms. The van der Waals surface area contributed by atoms with Crippen LogP contribution in [0.4, 0.5) is 14.4 Å². The molecule has 12 heteroatoms. The molecule has 1 aromatic carbocycles. The Balaban J connectivity index is 2.83. The van der Waals surface area contributed by atoms with Crippen molar-refractivity contribution >= 4 is 24.4 Å². The van der Waals surface area contributed by atoms with Crippen molar-refractivity contribution in [2.24, 2.45) is 11.7 Å². The normalized spacial score (nSPS) is 12.9. The molecule has 0 amide bonds. The first-order valence-electron chi connectivity index (χ1n) is 15.1. The molecule has 0 radical (unpaired) electrons. The minimum Gasteiger partial charge on any atom is -0.458 e. The van der Waals surface area contributed by atoms with E-state index in [0.29, 0.717) is 30.7 Å². The van der Waals surface area contributed by atoms with Gasteiger partial charge < -0.3 is 38.9 Å². The first-order valence-corrected chi connectivity index (χ1v) is 15.1. The van der Waals surface area contributed by atoms with Crippen LogP contribution in [-0.4, -0.2) is 62.5 Å². The van der Waals surface area contributed by atoms with E-state index in [1.807, 2.05) is 27.7 Å². The Morgan fingerprint density at radius 2 is 1.23 bits per heavy atom. The first kappa shape index (κ1) is 37.5. The maximum atomic E-state index is 12.7. The Labute approximate surface area is 254 Å². The quantitative estimate of drug-likeness (QED) is 0.0785. The number of hydrogen-bond donors (Lipinski definition) is 1. The SMILES string of the molecule is CCCCCOC(=O)Oc1ccc(C[C@H](N)C(=O)O[C@@H](C)[C@H](C)OC(=O)OCCC(C)C)cc1OC(=O)OCCCCC. The Hall–Kier alpha value is -3.54. The molecule has 0 saturated heterocycles. The summed E-state index contributed by atoms with van der Waals surface area (Å²) in [5.41, 5.74) is 6.59. The summed E-state index contributed by atoms with van der Waals surface area (Å²) in [4.78, 5) is 49.0. The van der Waals surface area contributed by atoms with Crippen molar-refractivity contribution in [2.45, 2.75) is 111 Å². The van der Waals surface area contributed by atoms with Crippen LogP contribution in [0.3, 0.4) is 0 Å². The zero-order valence-electron chi connectivity index (χ0n) is 26.4. The van der Waals surface area contributed by atoms with Crippen LogP contribution in [0.25, 0.3) is 0 Å². The van der Waals surface area contributed by atoms with Crippen LogP contribution in [0.2, 0.25) is 0 Å². The Bertz CT molecular complexity index is 998. The van der Waals surface area contributed by atoms with Crippen molar-refractivity contribution in [1.82, 2.24) is 0 Å². The van der Waals surface area contributed by atoms with Crippen LogP contribution in [0.5, 0.6) is 11.5 Å². The van der Waals surface area contributed by atoms with Gasteiger partial charge in [-0.3, -0.25) is 4.79 Å². The fraction of sp³-hybridized carbons (Fsp3) is 0.677. The second-order valence-corrected chi connectivity index (χ2v) is 10.7. The van der Waals surface area contributed by atoms with Crippen LogP contribution in [0.15, 0.2) is 18.2 Å². The van der Waals surface area contributed by atoms with Crippen molar-refractivity contribution in [3.05, 3.63) is 23.8 Å². The van der Waals surface area contributed by atoms with E-state index >= 15 is 0 Å². The number of nitrogens with two attached hydrogens (primary N) is 1. The van der Waals surface area contributed by atoms with E-state index in [1.54, 1.807) is 19.9 Å². The predicted octanol–water partition coefficient (Wildman–Crippen LogP) is 6.49. The van der Waals surface area contributed by atoms with Crippen molar-refractivity contribution in [2.75, 3.05) is 19.8 Å². The number of hydrogen-bond acceptors (Lipinski definition) is 12. The average molecular weight is 612 g/mol. The fourth-order valence-electron chi connectivity index (χ4n) is 3.46. The molecule has 3 atom stereocenters. The molecule has 0 unspecified atom stereocenters. The van der Waals surface area contributed by atoms with Gasteiger partial charge in [-0.25, -0.2) is 14.4 Å². The molecule has 244 valence electrons. The zero-order chi connectivity index (χ0) is 32.2. The highest BCUT2D eigenvalue weighted by molar-refractivity contribution is 5.76. The standard InChI is InChI=1S/C31H49NO11/c1-7-9-11-16-37-30(35)42-26-14-13-24(20-27(26)43-31(36)38-17-12-10-8-2)19-25(32)28(33)40-22(5)23(6)41-29(34)39-18-15-21(3)4/h13-14,20-23,25H,7-12,15-19,32H2,1-6H3/t22-,23-,25-/m0/s1. The number of unbranched alkanes of at least 4 members (excludes halogenated alkanes) is 4. The lowest BCUT2D eigenvalue weighted by Gasteiger charge is -2.22.